The van der Waals surface area contributed by atoms with Gasteiger partial charge in [-0.05, 0) is 48.5 Å². The zero-order valence-electron chi connectivity index (χ0n) is 14.0. The largest absolute Gasteiger partial charge is 0.438 e. The van der Waals surface area contributed by atoms with Crippen molar-refractivity contribution in [1.82, 2.24) is 24.9 Å². The fourth-order valence-corrected chi connectivity index (χ4v) is 2.79. The van der Waals surface area contributed by atoms with Crippen molar-refractivity contribution in [3.63, 3.8) is 0 Å². The molecule has 4 rings (SSSR count). The normalized spacial score (nSPS) is 10.7. The molecule has 1 amide bonds. The molecule has 0 spiro atoms. The molecule has 134 valence electrons. The lowest BCUT2D eigenvalue weighted by atomic mass is 10.2. The number of pyridine rings is 2. The molecule has 7 nitrogen and oxygen atoms in total. The van der Waals surface area contributed by atoms with Gasteiger partial charge in [0.2, 0.25) is 5.88 Å². The highest BCUT2D eigenvalue weighted by molar-refractivity contribution is 9.10. The average molecular weight is 424 g/mol. The number of carbonyl (C=O) groups excluding carboxylic acids is 1. The molecule has 8 heteroatoms. The van der Waals surface area contributed by atoms with Crippen molar-refractivity contribution < 1.29 is 9.53 Å². The van der Waals surface area contributed by atoms with Crippen LogP contribution in [-0.4, -0.2) is 25.5 Å². The van der Waals surface area contributed by atoms with Crippen LogP contribution in [0.1, 0.15) is 16.2 Å². The third-order valence-corrected chi connectivity index (χ3v) is 4.36. The number of benzene rings is 1. The molecule has 0 unspecified atom stereocenters. The summed E-state index contributed by atoms with van der Waals surface area (Å²) in [6, 6.07) is 16.3. The monoisotopic (exact) mass is 423 g/mol. The Morgan fingerprint density at radius 1 is 1.07 bits per heavy atom. The van der Waals surface area contributed by atoms with Crippen molar-refractivity contribution in [3.05, 3.63) is 82.9 Å². The number of amides is 1. The number of halogens is 1. The molecule has 0 saturated carbocycles. The Balaban J connectivity index is 1.51. The van der Waals surface area contributed by atoms with Gasteiger partial charge in [0.25, 0.3) is 5.91 Å². The van der Waals surface area contributed by atoms with Gasteiger partial charge in [0.1, 0.15) is 11.3 Å². The van der Waals surface area contributed by atoms with E-state index in [0.29, 0.717) is 17.1 Å². The third-order valence-electron chi connectivity index (χ3n) is 3.84. The predicted octanol–water partition coefficient (Wildman–Crippen LogP) is 3.61. The number of nitrogens with zero attached hydrogens (tertiary/aromatic N) is 4. The predicted molar refractivity (Wildman–Crippen MR) is 103 cm³/mol. The highest BCUT2D eigenvalue weighted by atomic mass is 79.9. The molecule has 0 radical (unpaired) electrons. The number of ether oxygens (including phenoxy) is 1. The molecule has 4 aromatic rings. The zero-order chi connectivity index (χ0) is 18.6. The summed E-state index contributed by atoms with van der Waals surface area (Å²) in [5.74, 6) is 1.17. The minimum atomic E-state index is -0.303. The van der Waals surface area contributed by atoms with Crippen LogP contribution in [0.2, 0.25) is 0 Å². The Bertz CT molecular complexity index is 1090. The van der Waals surface area contributed by atoms with Crippen molar-refractivity contribution >= 4 is 27.5 Å². The lowest BCUT2D eigenvalue weighted by Crippen LogP contribution is -2.24. The van der Waals surface area contributed by atoms with Gasteiger partial charge in [0.05, 0.1) is 6.54 Å². The highest BCUT2D eigenvalue weighted by Crippen LogP contribution is 2.24. The first-order valence-corrected chi connectivity index (χ1v) is 8.95. The van der Waals surface area contributed by atoms with Crippen molar-refractivity contribution in [1.29, 1.82) is 0 Å². The number of rotatable bonds is 5. The summed E-state index contributed by atoms with van der Waals surface area (Å²) in [4.78, 5) is 16.8. The summed E-state index contributed by atoms with van der Waals surface area (Å²) in [6.07, 6.45) is 3.43. The summed E-state index contributed by atoms with van der Waals surface area (Å²) in [6.45, 7) is 0.233. The Morgan fingerprint density at radius 3 is 2.78 bits per heavy atom. The number of aromatic nitrogens is 4. The van der Waals surface area contributed by atoms with E-state index in [9.17, 15) is 4.79 Å². The molecule has 0 saturated heterocycles. The number of nitrogens with one attached hydrogen (secondary N) is 1. The van der Waals surface area contributed by atoms with Crippen molar-refractivity contribution in [3.8, 4) is 11.6 Å². The van der Waals surface area contributed by atoms with Gasteiger partial charge in [-0.15, -0.1) is 10.2 Å². The second-order valence-electron chi connectivity index (χ2n) is 5.64. The van der Waals surface area contributed by atoms with E-state index in [2.05, 4.69) is 36.4 Å². The van der Waals surface area contributed by atoms with Crippen molar-refractivity contribution in [2.75, 3.05) is 0 Å². The Morgan fingerprint density at radius 2 is 1.93 bits per heavy atom. The molecule has 0 atom stereocenters. The average Bonchev–Trinajstić information content (AvgIpc) is 3.11. The second-order valence-corrected chi connectivity index (χ2v) is 6.56. The highest BCUT2D eigenvalue weighted by Gasteiger charge is 2.15. The summed E-state index contributed by atoms with van der Waals surface area (Å²) < 4.78 is 8.53. The smallest absolute Gasteiger partial charge is 0.257 e. The van der Waals surface area contributed by atoms with Crippen LogP contribution in [0.3, 0.4) is 0 Å². The van der Waals surface area contributed by atoms with E-state index in [4.69, 9.17) is 4.74 Å². The molecular formula is C19H14BrN5O2. The Kier molecular flexibility index (Phi) is 4.80. The van der Waals surface area contributed by atoms with Crippen LogP contribution in [-0.2, 0) is 6.54 Å². The number of carbonyl (C=O) groups is 1. The standard InChI is InChI=1S/C19H14BrN5O2/c20-13-6-8-14(9-7-13)27-19-15(4-3-10-21-19)18(26)22-12-17-24-23-16-5-1-2-11-25(16)17/h1-11H,12H2,(H,22,26). The van der Waals surface area contributed by atoms with E-state index >= 15 is 0 Å². The van der Waals surface area contributed by atoms with Crippen LogP contribution >= 0.6 is 15.9 Å². The molecule has 0 aliphatic rings. The minimum absolute atomic E-state index is 0.233. The van der Waals surface area contributed by atoms with Gasteiger partial charge in [0, 0.05) is 16.9 Å². The molecule has 3 heterocycles. The molecule has 1 N–H and O–H groups in total. The molecule has 27 heavy (non-hydrogen) atoms. The molecule has 0 aliphatic carbocycles. The van der Waals surface area contributed by atoms with Gasteiger partial charge in [0.15, 0.2) is 11.5 Å². The summed E-state index contributed by atoms with van der Waals surface area (Å²) in [5, 5.41) is 11.0. The fourth-order valence-electron chi connectivity index (χ4n) is 2.53. The van der Waals surface area contributed by atoms with Crippen LogP contribution < -0.4 is 10.1 Å². The van der Waals surface area contributed by atoms with Crippen LogP contribution in [0, 0.1) is 0 Å². The quantitative estimate of drug-likeness (QED) is 0.530. The Labute approximate surface area is 163 Å². The summed E-state index contributed by atoms with van der Waals surface area (Å²) in [7, 11) is 0. The molecule has 0 fully saturated rings. The van der Waals surface area contributed by atoms with Crippen molar-refractivity contribution in [2.45, 2.75) is 6.54 Å². The van der Waals surface area contributed by atoms with Gasteiger partial charge < -0.3 is 10.1 Å². The number of hydrogen-bond donors (Lipinski definition) is 1. The van der Waals surface area contributed by atoms with Gasteiger partial charge >= 0.3 is 0 Å². The van der Waals surface area contributed by atoms with Crippen LogP contribution in [0.5, 0.6) is 11.6 Å². The number of hydrogen-bond acceptors (Lipinski definition) is 5. The molecule has 1 aromatic carbocycles. The minimum Gasteiger partial charge on any atom is -0.438 e. The van der Waals surface area contributed by atoms with E-state index in [-0.39, 0.29) is 18.3 Å². The summed E-state index contributed by atoms with van der Waals surface area (Å²) >= 11 is 3.38. The van der Waals surface area contributed by atoms with Gasteiger partial charge in [-0.2, -0.15) is 0 Å². The summed E-state index contributed by atoms with van der Waals surface area (Å²) in [5.41, 5.74) is 1.07. The van der Waals surface area contributed by atoms with Crippen LogP contribution in [0.15, 0.2) is 71.5 Å². The first-order valence-electron chi connectivity index (χ1n) is 8.16. The van der Waals surface area contributed by atoms with E-state index < -0.39 is 0 Å². The second kappa shape index (κ2) is 7.55. The maximum atomic E-state index is 12.6. The van der Waals surface area contributed by atoms with E-state index in [1.165, 1.54) is 0 Å². The van der Waals surface area contributed by atoms with Gasteiger partial charge in [-0.25, -0.2) is 4.98 Å². The molecule has 3 aromatic heterocycles. The van der Waals surface area contributed by atoms with Gasteiger partial charge in [-0.1, -0.05) is 22.0 Å². The fraction of sp³-hybridized carbons (Fsp3) is 0.0526. The van der Waals surface area contributed by atoms with E-state index in [1.54, 1.807) is 30.5 Å². The first kappa shape index (κ1) is 17.2. The topological polar surface area (TPSA) is 81.4 Å². The van der Waals surface area contributed by atoms with Crippen molar-refractivity contribution in [2.24, 2.45) is 0 Å². The zero-order valence-corrected chi connectivity index (χ0v) is 15.6. The maximum Gasteiger partial charge on any atom is 0.257 e. The Hall–Kier alpha value is -3.26. The molecule has 0 bridgehead atoms. The lowest BCUT2D eigenvalue weighted by Gasteiger charge is -2.10. The third kappa shape index (κ3) is 3.80. The van der Waals surface area contributed by atoms with E-state index in [1.807, 2.05) is 40.9 Å². The van der Waals surface area contributed by atoms with E-state index in [0.717, 1.165) is 10.1 Å². The van der Waals surface area contributed by atoms with Crippen LogP contribution in [0.4, 0.5) is 0 Å². The first-order chi connectivity index (χ1) is 13.2. The molecule has 0 aliphatic heterocycles. The lowest BCUT2D eigenvalue weighted by molar-refractivity contribution is 0.0947. The van der Waals surface area contributed by atoms with Crippen LogP contribution in [0.25, 0.3) is 5.65 Å². The maximum absolute atomic E-state index is 12.6. The van der Waals surface area contributed by atoms with Gasteiger partial charge in [-0.3, -0.25) is 9.20 Å². The SMILES string of the molecule is O=C(NCc1nnc2ccccn12)c1cccnc1Oc1ccc(Br)cc1. The molecular weight excluding hydrogens is 410 g/mol. The number of fused-ring (bicyclic) bond motifs is 1.